The SMILES string of the molecule is O=S(=O)([O-])CCNc1ncnc(Nc2ccc(C=Cc3ccc(Nc4nc(/N=C\CSOO[O-])nc(NCCOCCO)n4)cc3S(=O)(=O)[O-])c(SOO[O-])c2)n1.[Na+].[Na+].[Na+].[Na+]. The largest absolute Gasteiger partial charge is 1.00 e. The van der Waals surface area contributed by atoms with Gasteiger partial charge in [0.2, 0.25) is 23.8 Å². The van der Waals surface area contributed by atoms with E-state index in [4.69, 9.17) is 9.84 Å². The number of nitrogens with one attached hydrogen (secondary N) is 4. The molecule has 0 aliphatic heterocycles. The molecule has 2 heterocycles. The molecule has 61 heavy (non-hydrogen) atoms. The fourth-order valence-electron chi connectivity index (χ4n) is 4.16. The Morgan fingerprint density at radius 1 is 0.754 bits per heavy atom. The Kier molecular flexibility index (Phi) is 31.6. The quantitative estimate of drug-likeness (QED) is 0.00602. The molecule has 5 N–H and O–H groups in total. The summed E-state index contributed by atoms with van der Waals surface area (Å²) in [6.07, 6.45) is 5.22. The van der Waals surface area contributed by atoms with Crippen LogP contribution in [0.5, 0.6) is 0 Å². The molecule has 2 aromatic carbocycles. The van der Waals surface area contributed by atoms with Gasteiger partial charge >= 0.3 is 118 Å². The molecule has 0 spiro atoms. The third-order valence-electron chi connectivity index (χ3n) is 6.42. The summed E-state index contributed by atoms with van der Waals surface area (Å²) in [4.78, 5) is 28.2. The average molecular weight is 964 g/mol. The van der Waals surface area contributed by atoms with Gasteiger partial charge in [0.25, 0.3) is 5.95 Å². The Balaban J connectivity index is 0.00000900. The van der Waals surface area contributed by atoms with Crippen LogP contribution >= 0.6 is 24.1 Å². The van der Waals surface area contributed by atoms with Gasteiger partial charge in [-0.2, -0.15) is 28.6 Å². The smallest absolute Gasteiger partial charge is 0.748 e. The molecule has 4 aromatic rings. The summed E-state index contributed by atoms with van der Waals surface area (Å²) in [7, 11) is -9.53. The third kappa shape index (κ3) is 23.3. The van der Waals surface area contributed by atoms with Crippen molar-refractivity contribution in [3.63, 3.8) is 0 Å². The average Bonchev–Trinajstić information content (AvgIpc) is 3.16. The van der Waals surface area contributed by atoms with Crippen LogP contribution in [0.2, 0.25) is 0 Å². The summed E-state index contributed by atoms with van der Waals surface area (Å²) in [5, 5.41) is 47.4. The second-order valence-corrected chi connectivity index (χ2v) is 14.7. The van der Waals surface area contributed by atoms with E-state index in [-0.39, 0.29) is 203 Å². The van der Waals surface area contributed by atoms with E-state index in [2.05, 4.69) is 74.9 Å². The van der Waals surface area contributed by atoms with Gasteiger partial charge in [0.15, 0.2) is 0 Å². The van der Waals surface area contributed by atoms with Crippen molar-refractivity contribution in [1.82, 2.24) is 29.9 Å². The van der Waals surface area contributed by atoms with Crippen molar-refractivity contribution in [3.05, 3.63) is 53.9 Å². The number of aliphatic hydroxyl groups is 1. The van der Waals surface area contributed by atoms with E-state index in [1.807, 2.05) is 0 Å². The number of rotatable bonds is 25. The number of aliphatic hydroxyl groups excluding tert-OH is 1. The topological polar surface area (TPSA) is 365 Å². The van der Waals surface area contributed by atoms with E-state index in [9.17, 15) is 36.5 Å². The monoisotopic (exact) mass is 963 g/mol. The molecule has 25 nitrogen and oxygen atoms in total. The van der Waals surface area contributed by atoms with Crippen molar-refractivity contribution in [2.75, 3.05) is 65.7 Å². The van der Waals surface area contributed by atoms with Crippen molar-refractivity contribution in [3.8, 4) is 0 Å². The number of benzene rings is 2. The second-order valence-electron chi connectivity index (χ2n) is 10.4. The van der Waals surface area contributed by atoms with Crippen molar-refractivity contribution >= 4 is 104 Å². The van der Waals surface area contributed by atoms with Crippen LogP contribution in [0.25, 0.3) is 12.2 Å². The zero-order valence-electron chi connectivity index (χ0n) is 32.7. The van der Waals surface area contributed by atoms with E-state index in [1.165, 1.54) is 36.6 Å². The number of anilines is 6. The molecule has 308 valence electrons. The first-order chi connectivity index (χ1) is 27.4. The molecular weight excluding hydrogens is 935 g/mol. The van der Waals surface area contributed by atoms with Crippen LogP contribution in [-0.4, -0.2) is 112 Å². The summed E-state index contributed by atoms with van der Waals surface area (Å²) >= 11 is 1.16. The summed E-state index contributed by atoms with van der Waals surface area (Å²) in [5.41, 5.74) is 0.819. The first kappa shape index (κ1) is 60.3. The number of ether oxygens (including phenoxy) is 1. The summed E-state index contributed by atoms with van der Waals surface area (Å²) in [6, 6.07) is 8.46. The standard InChI is InChI=1S/C28H33N11O14S4.4Na/c40-10-12-49-11-7-29-25-37-26(30-8-13-54-52-50-41)39-28(38-25)35-21-6-4-19(23(16-21)57(46,47)48)2-1-18-3-5-20(15-22(18)55-53-51-42)34-27-33-17-32-24(36-27)31-9-14-56(43,44)45;;;;/h1-6,8,15-17,40-42H,7,9-14H2,(H,43,44,45)(H,46,47,48)(H2,29,35,37,38,39)(H2,31,32,33,34,36);;;;/q;4*+1/p-4/b2-1?,30-8-;;;;. The number of aromatic nitrogens is 6. The Morgan fingerprint density at radius 2 is 1.38 bits per heavy atom. The van der Waals surface area contributed by atoms with Crippen LogP contribution in [0.1, 0.15) is 11.1 Å². The van der Waals surface area contributed by atoms with Crippen LogP contribution < -0.4 is 150 Å². The van der Waals surface area contributed by atoms with Gasteiger partial charge in [0.05, 0.1) is 58.4 Å². The predicted molar refractivity (Wildman–Crippen MR) is 196 cm³/mol. The minimum Gasteiger partial charge on any atom is -0.748 e. The van der Waals surface area contributed by atoms with Gasteiger partial charge in [-0.25, -0.2) is 31.8 Å². The predicted octanol–water partition coefficient (Wildman–Crippen LogP) is -12.2. The Bertz CT molecular complexity index is 2230. The zero-order valence-corrected chi connectivity index (χ0v) is 44.0. The summed E-state index contributed by atoms with van der Waals surface area (Å²) < 4.78 is 83.7. The molecule has 33 heteroatoms. The van der Waals surface area contributed by atoms with Gasteiger partial charge < -0.3 is 50.7 Å². The molecule has 0 radical (unpaired) electrons. The number of hydrogen-bond acceptors (Lipinski definition) is 27. The maximum atomic E-state index is 12.4. The Labute approximate surface area is 445 Å². The normalized spacial score (nSPS) is 11.2. The van der Waals surface area contributed by atoms with E-state index < -0.39 is 30.9 Å². The molecule has 0 aliphatic rings. The Morgan fingerprint density at radius 3 is 2.07 bits per heavy atom. The molecule has 0 amide bonds. The van der Waals surface area contributed by atoms with Crippen LogP contribution in [0.3, 0.4) is 0 Å². The maximum Gasteiger partial charge on any atom is 1.00 e. The molecule has 2 aromatic heterocycles. The number of hydrogen-bond donors (Lipinski definition) is 5. The first-order valence-corrected chi connectivity index (χ1v) is 20.3. The molecule has 0 aliphatic carbocycles. The molecule has 0 bridgehead atoms. The molecule has 0 saturated carbocycles. The molecule has 0 fully saturated rings. The minimum atomic E-state index is -5.07. The molecule has 0 atom stereocenters. The zero-order chi connectivity index (χ0) is 41.1. The third-order valence-corrected chi connectivity index (χ3v) is 9.11. The number of aliphatic imine (C=N–C) groups is 1. The van der Waals surface area contributed by atoms with Crippen LogP contribution in [-0.2, 0) is 43.7 Å². The van der Waals surface area contributed by atoms with Gasteiger partial charge in [0, 0.05) is 47.6 Å². The van der Waals surface area contributed by atoms with Crippen LogP contribution in [0.15, 0.2) is 57.5 Å². The second kappa shape index (κ2) is 32.0. The van der Waals surface area contributed by atoms with Gasteiger partial charge in [-0.15, -0.1) is 0 Å². The van der Waals surface area contributed by atoms with Crippen molar-refractivity contribution < 1.29 is 183 Å². The van der Waals surface area contributed by atoms with E-state index in [0.29, 0.717) is 35.3 Å². The summed E-state index contributed by atoms with van der Waals surface area (Å²) in [5.74, 6) is -0.772. The van der Waals surface area contributed by atoms with Crippen molar-refractivity contribution in [2.24, 2.45) is 4.99 Å². The maximum absolute atomic E-state index is 12.4. The van der Waals surface area contributed by atoms with E-state index >= 15 is 0 Å². The van der Waals surface area contributed by atoms with Crippen molar-refractivity contribution in [2.45, 2.75) is 9.79 Å². The minimum absolute atomic E-state index is 0. The Hall–Kier alpha value is -0.730. The van der Waals surface area contributed by atoms with Crippen LogP contribution in [0.4, 0.5) is 41.1 Å². The molecular formula is C28H29N11Na4O14S4. The molecule has 0 unspecified atom stereocenters. The fourth-order valence-corrected chi connectivity index (χ4v) is 5.95. The van der Waals surface area contributed by atoms with Gasteiger partial charge in [-0.05, 0) is 35.4 Å². The molecule has 0 saturated heterocycles. The van der Waals surface area contributed by atoms with Gasteiger partial charge in [-0.1, -0.05) is 24.3 Å². The van der Waals surface area contributed by atoms with Gasteiger partial charge in [-0.3, -0.25) is 10.1 Å². The first-order valence-electron chi connectivity index (χ1n) is 15.6. The number of nitrogens with zero attached hydrogens (tertiary/aromatic N) is 7. The van der Waals surface area contributed by atoms with E-state index in [1.54, 1.807) is 12.1 Å². The van der Waals surface area contributed by atoms with Gasteiger partial charge in [0.1, 0.15) is 16.4 Å². The molecule has 4 rings (SSSR count). The summed E-state index contributed by atoms with van der Waals surface area (Å²) in [6.45, 7) is 0.139. The van der Waals surface area contributed by atoms with Crippen molar-refractivity contribution in [1.29, 1.82) is 0 Å². The van der Waals surface area contributed by atoms with Crippen LogP contribution in [0, 0.1) is 0 Å². The fraction of sp³-hybridized carbons (Fsp3) is 0.250. The van der Waals surface area contributed by atoms with E-state index in [0.717, 1.165) is 12.4 Å².